The first-order valence-corrected chi connectivity index (χ1v) is 10.3. The van der Waals surface area contributed by atoms with Gasteiger partial charge >= 0.3 is 0 Å². The summed E-state index contributed by atoms with van der Waals surface area (Å²) < 4.78 is 0. The van der Waals surface area contributed by atoms with Crippen LogP contribution < -0.4 is 5.32 Å². The molecule has 4 heterocycles. The van der Waals surface area contributed by atoms with Crippen molar-refractivity contribution >= 4 is 28.6 Å². The molecule has 8 heteroatoms. The molecule has 1 aliphatic rings. The van der Waals surface area contributed by atoms with Crippen LogP contribution >= 0.6 is 22.7 Å². The van der Waals surface area contributed by atoms with E-state index >= 15 is 0 Å². The van der Waals surface area contributed by atoms with Crippen molar-refractivity contribution in [3.63, 3.8) is 0 Å². The second kappa shape index (κ2) is 8.03. The van der Waals surface area contributed by atoms with Gasteiger partial charge in [-0.2, -0.15) is 0 Å². The molecule has 1 atom stereocenters. The van der Waals surface area contributed by atoms with Gasteiger partial charge < -0.3 is 5.32 Å². The van der Waals surface area contributed by atoms with E-state index in [1.807, 2.05) is 0 Å². The normalized spacial score (nSPS) is 17.9. The van der Waals surface area contributed by atoms with E-state index in [1.54, 1.807) is 35.2 Å². The zero-order valence-corrected chi connectivity index (χ0v) is 15.8. The topological polar surface area (TPSA) is 71.0 Å². The molecule has 134 valence electrons. The van der Waals surface area contributed by atoms with Crippen molar-refractivity contribution < 1.29 is 4.79 Å². The van der Waals surface area contributed by atoms with Crippen LogP contribution in [0.25, 0.3) is 10.8 Å². The third kappa shape index (κ3) is 4.14. The van der Waals surface area contributed by atoms with Gasteiger partial charge in [0.05, 0.1) is 0 Å². The van der Waals surface area contributed by atoms with Crippen LogP contribution in [0.2, 0.25) is 0 Å². The number of hydrogen-bond donors (Lipinski definition) is 1. The summed E-state index contributed by atoms with van der Waals surface area (Å²) in [5.41, 5.74) is 0.438. The Labute approximate surface area is 160 Å². The molecular weight excluding hydrogens is 366 g/mol. The van der Waals surface area contributed by atoms with Crippen LogP contribution in [0.4, 0.5) is 0 Å². The van der Waals surface area contributed by atoms with Crippen molar-refractivity contribution in [2.75, 3.05) is 13.1 Å². The third-order valence-corrected chi connectivity index (χ3v) is 5.99. The lowest BCUT2D eigenvalue weighted by atomic mass is 10.1. The molecule has 0 aliphatic carbocycles. The van der Waals surface area contributed by atoms with Gasteiger partial charge in [0.15, 0.2) is 10.8 Å². The first-order chi connectivity index (χ1) is 12.8. The van der Waals surface area contributed by atoms with E-state index < -0.39 is 0 Å². The van der Waals surface area contributed by atoms with Crippen molar-refractivity contribution in [3.8, 4) is 10.8 Å². The number of nitrogens with zero attached hydrogens (tertiary/aromatic N) is 4. The van der Waals surface area contributed by atoms with E-state index in [2.05, 4.69) is 42.7 Å². The minimum Gasteiger partial charge on any atom is -0.347 e. The van der Waals surface area contributed by atoms with Gasteiger partial charge in [-0.05, 0) is 36.9 Å². The largest absolute Gasteiger partial charge is 0.347 e. The molecule has 3 aromatic heterocycles. The minimum absolute atomic E-state index is 0.119. The average molecular weight is 386 g/mol. The van der Waals surface area contributed by atoms with E-state index in [4.69, 9.17) is 0 Å². The SMILES string of the molecule is O=C(NC1CCCN(Cc2cccs2)C1)c1csc(-c2ncccn2)n1. The summed E-state index contributed by atoms with van der Waals surface area (Å²) in [6.45, 7) is 2.91. The Balaban J connectivity index is 1.36. The van der Waals surface area contributed by atoms with Crippen molar-refractivity contribution in [1.82, 2.24) is 25.2 Å². The highest BCUT2D eigenvalue weighted by atomic mass is 32.1. The van der Waals surface area contributed by atoms with E-state index in [1.165, 1.54) is 16.2 Å². The molecule has 4 rings (SSSR count). The standard InChI is InChI=1S/C18H19N5OS2/c24-17(15-12-26-18(22-15)16-19-6-3-7-20-16)21-13-4-1-8-23(10-13)11-14-5-2-9-25-14/h2-3,5-7,9,12-13H,1,4,8,10-11H2,(H,21,24). The van der Waals surface area contributed by atoms with Crippen LogP contribution in [-0.4, -0.2) is 44.9 Å². The van der Waals surface area contributed by atoms with Crippen molar-refractivity contribution in [1.29, 1.82) is 0 Å². The van der Waals surface area contributed by atoms with Gasteiger partial charge in [0.1, 0.15) is 5.69 Å². The quantitative estimate of drug-likeness (QED) is 0.731. The number of carbonyl (C=O) groups excluding carboxylic acids is 1. The van der Waals surface area contributed by atoms with Gasteiger partial charge in [0.25, 0.3) is 5.91 Å². The Morgan fingerprint density at radius 2 is 2.15 bits per heavy atom. The highest BCUT2D eigenvalue weighted by Gasteiger charge is 2.23. The van der Waals surface area contributed by atoms with Gasteiger partial charge in [-0.15, -0.1) is 22.7 Å². The van der Waals surface area contributed by atoms with Crippen LogP contribution in [0.3, 0.4) is 0 Å². The fraction of sp³-hybridized carbons (Fsp3) is 0.333. The molecule has 1 N–H and O–H groups in total. The maximum Gasteiger partial charge on any atom is 0.271 e. The highest BCUT2D eigenvalue weighted by Crippen LogP contribution is 2.20. The molecule has 1 aliphatic heterocycles. The number of thiazole rings is 1. The van der Waals surface area contributed by atoms with Crippen LogP contribution in [-0.2, 0) is 6.54 Å². The Bertz CT molecular complexity index is 850. The number of aromatic nitrogens is 3. The first kappa shape index (κ1) is 17.3. The summed E-state index contributed by atoms with van der Waals surface area (Å²) in [7, 11) is 0. The molecule has 0 saturated carbocycles. The average Bonchev–Trinajstić information content (AvgIpc) is 3.35. The predicted octanol–water partition coefficient (Wildman–Crippen LogP) is 3.06. The number of hydrogen-bond acceptors (Lipinski definition) is 7. The lowest BCUT2D eigenvalue weighted by Crippen LogP contribution is -2.47. The summed E-state index contributed by atoms with van der Waals surface area (Å²) in [5, 5.41) is 7.68. The maximum atomic E-state index is 12.6. The van der Waals surface area contributed by atoms with Crippen LogP contribution in [0.1, 0.15) is 28.2 Å². The zero-order valence-electron chi connectivity index (χ0n) is 14.2. The number of nitrogens with one attached hydrogen (secondary N) is 1. The van der Waals surface area contributed by atoms with Gasteiger partial charge in [-0.25, -0.2) is 15.0 Å². The van der Waals surface area contributed by atoms with Crippen molar-refractivity contribution in [2.24, 2.45) is 0 Å². The summed E-state index contributed by atoms with van der Waals surface area (Å²) in [6, 6.07) is 6.17. The summed E-state index contributed by atoms with van der Waals surface area (Å²) >= 11 is 3.17. The summed E-state index contributed by atoms with van der Waals surface area (Å²) in [4.78, 5) is 29.1. The fourth-order valence-electron chi connectivity index (χ4n) is 3.09. The Kier molecular flexibility index (Phi) is 5.33. The van der Waals surface area contributed by atoms with Crippen LogP contribution in [0, 0.1) is 0 Å². The monoisotopic (exact) mass is 385 g/mol. The lowest BCUT2D eigenvalue weighted by molar-refractivity contribution is 0.0897. The molecule has 26 heavy (non-hydrogen) atoms. The smallest absolute Gasteiger partial charge is 0.271 e. The van der Waals surface area contributed by atoms with E-state index in [0.717, 1.165) is 32.5 Å². The summed E-state index contributed by atoms with van der Waals surface area (Å²) in [5.74, 6) is 0.433. The predicted molar refractivity (Wildman–Crippen MR) is 103 cm³/mol. The Morgan fingerprint density at radius 1 is 1.27 bits per heavy atom. The number of carbonyl (C=O) groups is 1. The lowest BCUT2D eigenvalue weighted by Gasteiger charge is -2.32. The fourth-order valence-corrected chi connectivity index (χ4v) is 4.58. The molecule has 0 aromatic carbocycles. The number of piperidine rings is 1. The molecule has 0 radical (unpaired) electrons. The second-order valence-corrected chi connectivity index (χ2v) is 8.13. The molecule has 0 bridgehead atoms. The van der Waals surface area contributed by atoms with E-state index in [9.17, 15) is 4.79 Å². The van der Waals surface area contributed by atoms with Gasteiger partial charge in [0, 0.05) is 41.8 Å². The maximum absolute atomic E-state index is 12.6. The zero-order chi connectivity index (χ0) is 17.8. The molecule has 0 spiro atoms. The van der Waals surface area contributed by atoms with Gasteiger partial charge in [-0.3, -0.25) is 9.69 Å². The van der Waals surface area contributed by atoms with Crippen molar-refractivity contribution in [2.45, 2.75) is 25.4 Å². The van der Waals surface area contributed by atoms with Gasteiger partial charge in [0.2, 0.25) is 0 Å². The molecule has 1 amide bonds. The van der Waals surface area contributed by atoms with Crippen molar-refractivity contribution in [3.05, 3.63) is 51.9 Å². The number of amides is 1. The van der Waals surface area contributed by atoms with Crippen LogP contribution in [0.5, 0.6) is 0 Å². The van der Waals surface area contributed by atoms with Crippen LogP contribution in [0.15, 0.2) is 41.4 Å². The molecular formula is C18H19N5OS2. The second-order valence-electron chi connectivity index (χ2n) is 6.24. The Hall–Kier alpha value is -2.16. The van der Waals surface area contributed by atoms with E-state index in [-0.39, 0.29) is 11.9 Å². The minimum atomic E-state index is -0.119. The molecule has 6 nitrogen and oxygen atoms in total. The molecule has 1 saturated heterocycles. The highest BCUT2D eigenvalue weighted by molar-refractivity contribution is 7.13. The molecule has 1 fully saturated rings. The number of rotatable bonds is 5. The third-order valence-electron chi connectivity index (χ3n) is 4.29. The summed E-state index contributed by atoms with van der Waals surface area (Å²) in [6.07, 6.45) is 5.45. The first-order valence-electron chi connectivity index (χ1n) is 8.56. The van der Waals surface area contributed by atoms with E-state index in [0.29, 0.717) is 16.5 Å². The Morgan fingerprint density at radius 3 is 2.96 bits per heavy atom. The number of likely N-dealkylation sites (tertiary alicyclic amines) is 1. The number of thiophene rings is 1. The van der Waals surface area contributed by atoms with Gasteiger partial charge in [-0.1, -0.05) is 6.07 Å². The molecule has 3 aromatic rings. The molecule has 1 unspecified atom stereocenters.